The SMILES string of the molecule is OC=CCc1ccc(Cn2ccnc2)o1. The Kier molecular flexibility index (Phi) is 2.88. The molecule has 0 spiro atoms. The molecule has 2 aromatic heterocycles. The molecule has 2 aromatic rings. The van der Waals surface area contributed by atoms with Crippen LogP contribution in [0.25, 0.3) is 0 Å². The Morgan fingerprint density at radius 2 is 2.27 bits per heavy atom. The largest absolute Gasteiger partial charge is 0.516 e. The predicted octanol–water partition coefficient (Wildman–Crippen LogP) is 2.14. The molecule has 78 valence electrons. The van der Waals surface area contributed by atoms with Crippen molar-refractivity contribution in [3.05, 3.63) is 54.7 Å². The smallest absolute Gasteiger partial charge is 0.123 e. The third-order valence-electron chi connectivity index (χ3n) is 2.04. The van der Waals surface area contributed by atoms with Gasteiger partial charge in [-0.2, -0.15) is 0 Å². The van der Waals surface area contributed by atoms with E-state index in [0.29, 0.717) is 13.0 Å². The molecule has 0 bridgehead atoms. The van der Waals surface area contributed by atoms with E-state index in [1.54, 1.807) is 18.6 Å². The van der Waals surface area contributed by atoms with E-state index < -0.39 is 0 Å². The Labute approximate surface area is 87.5 Å². The minimum absolute atomic E-state index is 0.612. The second-order valence-electron chi connectivity index (χ2n) is 3.19. The van der Waals surface area contributed by atoms with Gasteiger partial charge in [0, 0.05) is 18.8 Å². The minimum atomic E-state index is 0.612. The maximum absolute atomic E-state index is 8.51. The van der Waals surface area contributed by atoms with Crippen molar-refractivity contribution in [2.24, 2.45) is 0 Å². The van der Waals surface area contributed by atoms with Gasteiger partial charge in [0.1, 0.15) is 11.5 Å². The standard InChI is InChI=1S/C11H12N2O2/c14-7-1-2-10-3-4-11(15-10)8-13-6-5-12-9-13/h1,3-7,9,14H,2,8H2. The van der Waals surface area contributed by atoms with Crippen molar-refractivity contribution in [3.63, 3.8) is 0 Å². The van der Waals surface area contributed by atoms with Gasteiger partial charge in [-0.3, -0.25) is 0 Å². The first-order chi connectivity index (χ1) is 7.38. The molecule has 0 fully saturated rings. The Morgan fingerprint density at radius 3 is 3.00 bits per heavy atom. The highest BCUT2D eigenvalue weighted by Crippen LogP contribution is 2.10. The zero-order valence-electron chi connectivity index (χ0n) is 8.21. The van der Waals surface area contributed by atoms with Gasteiger partial charge in [-0.25, -0.2) is 4.98 Å². The van der Waals surface area contributed by atoms with Gasteiger partial charge in [0.05, 0.1) is 19.1 Å². The fourth-order valence-electron chi connectivity index (χ4n) is 1.35. The van der Waals surface area contributed by atoms with Gasteiger partial charge in [-0.1, -0.05) is 0 Å². The summed E-state index contributed by atoms with van der Waals surface area (Å²) in [5.74, 6) is 1.73. The number of furan rings is 1. The molecule has 0 aliphatic rings. The van der Waals surface area contributed by atoms with Gasteiger partial charge in [0.25, 0.3) is 0 Å². The van der Waals surface area contributed by atoms with Crippen LogP contribution < -0.4 is 0 Å². The second-order valence-corrected chi connectivity index (χ2v) is 3.19. The lowest BCUT2D eigenvalue weighted by molar-refractivity contribution is 0.453. The van der Waals surface area contributed by atoms with E-state index in [-0.39, 0.29) is 0 Å². The summed E-state index contributed by atoms with van der Waals surface area (Å²) < 4.78 is 7.48. The molecule has 0 atom stereocenters. The summed E-state index contributed by atoms with van der Waals surface area (Å²) in [7, 11) is 0. The molecule has 0 saturated carbocycles. The van der Waals surface area contributed by atoms with E-state index in [0.717, 1.165) is 17.8 Å². The molecule has 1 N–H and O–H groups in total. The highest BCUT2D eigenvalue weighted by atomic mass is 16.3. The monoisotopic (exact) mass is 204 g/mol. The van der Waals surface area contributed by atoms with E-state index in [4.69, 9.17) is 9.52 Å². The van der Waals surface area contributed by atoms with E-state index in [2.05, 4.69) is 4.98 Å². The van der Waals surface area contributed by atoms with Crippen LogP contribution in [0.3, 0.4) is 0 Å². The topological polar surface area (TPSA) is 51.2 Å². The normalized spacial score (nSPS) is 11.2. The number of aromatic nitrogens is 2. The molecule has 0 radical (unpaired) electrons. The molecule has 4 heteroatoms. The van der Waals surface area contributed by atoms with Gasteiger partial charge in [0.2, 0.25) is 0 Å². The van der Waals surface area contributed by atoms with Crippen LogP contribution in [0.15, 0.2) is 47.6 Å². The van der Waals surface area contributed by atoms with Crippen LogP contribution >= 0.6 is 0 Å². The van der Waals surface area contributed by atoms with Crippen LogP contribution in [0.5, 0.6) is 0 Å². The summed E-state index contributed by atoms with van der Waals surface area (Å²) in [6, 6.07) is 3.84. The number of aliphatic hydroxyl groups is 1. The number of allylic oxidation sites excluding steroid dienone is 1. The number of rotatable bonds is 4. The number of imidazole rings is 1. The quantitative estimate of drug-likeness (QED) is 0.776. The summed E-state index contributed by atoms with van der Waals surface area (Å²) in [5.41, 5.74) is 0. The lowest BCUT2D eigenvalue weighted by Gasteiger charge is -1.97. The number of nitrogens with zero attached hydrogens (tertiary/aromatic N) is 2. The Bertz CT molecular complexity index is 429. The van der Waals surface area contributed by atoms with E-state index in [1.807, 2.05) is 22.9 Å². The maximum atomic E-state index is 8.51. The minimum Gasteiger partial charge on any atom is -0.516 e. The third-order valence-corrected chi connectivity index (χ3v) is 2.04. The van der Waals surface area contributed by atoms with Crippen molar-refractivity contribution < 1.29 is 9.52 Å². The van der Waals surface area contributed by atoms with Gasteiger partial charge in [-0.15, -0.1) is 0 Å². The van der Waals surface area contributed by atoms with Crippen molar-refractivity contribution in [2.75, 3.05) is 0 Å². The summed E-state index contributed by atoms with van der Waals surface area (Å²) in [6.07, 6.45) is 8.64. The van der Waals surface area contributed by atoms with Gasteiger partial charge < -0.3 is 14.1 Å². The van der Waals surface area contributed by atoms with E-state index in [9.17, 15) is 0 Å². The Hall–Kier alpha value is -1.97. The fourth-order valence-corrected chi connectivity index (χ4v) is 1.35. The summed E-state index contributed by atoms with van der Waals surface area (Å²) in [6.45, 7) is 0.683. The van der Waals surface area contributed by atoms with Crippen molar-refractivity contribution in [1.82, 2.24) is 9.55 Å². The zero-order chi connectivity index (χ0) is 10.5. The van der Waals surface area contributed by atoms with Gasteiger partial charge >= 0.3 is 0 Å². The zero-order valence-corrected chi connectivity index (χ0v) is 8.21. The molecule has 0 aliphatic heterocycles. The predicted molar refractivity (Wildman–Crippen MR) is 55.5 cm³/mol. The Morgan fingerprint density at radius 1 is 1.40 bits per heavy atom. The highest BCUT2D eigenvalue weighted by molar-refractivity contribution is 5.10. The fraction of sp³-hybridized carbons (Fsp3) is 0.182. The van der Waals surface area contributed by atoms with Gasteiger partial charge in [0.15, 0.2) is 0 Å². The Balaban J connectivity index is 2.01. The van der Waals surface area contributed by atoms with E-state index in [1.165, 1.54) is 0 Å². The maximum Gasteiger partial charge on any atom is 0.123 e. The third kappa shape index (κ3) is 2.49. The number of hydrogen-bond acceptors (Lipinski definition) is 3. The van der Waals surface area contributed by atoms with Crippen molar-refractivity contribution in [3.8, 4) is 0 Å². The lowest BCUT2D eigenvalue weighted by Crippen LogP contribution is -1.93. The lowest BCUT2D eigenvalue weighted by atomic mass is 10.3. The van der Waals surface area contributed by atoms with Crippen molar-refractivity contribution in [2.45, 2.75) is 13.0 Å². The molecule has 2 rings (SSSR count). The number of hydrogen-bond donors (Lipinski definition) is 1. The van der Waals surface area contributed by atoms with Gasteiger partial charge in [-0.05, 0) is 18.2 Å². The molecule has 0 unspecified atom stereocenters. The van der Waals surface area contributed by atoms with Crippen LogP contribution in [0.4, 0.5) is 0 Å². The molecular formula is C11H12N2O2. The first-order valence-electron chi connectivity index (χ1n) is 4.71. The average molecular weight is 204 g/mol. The number of aliphatic hydroxyl groups excluding tert-OH is 1. The summed E-state index contributed by atoms with van der Waals surface area (Å²) in [4.78, 5) is 3.95. The van der Waals surface area contributed by atoms with Crippen LogP contribution in [0, 0.1) is 0 Å². The molecule has 0 amide bonds. The van der Waals surface area contributed by atoms with Crippen LogP contribution in [0.1, 0.15) is 11.5 Å². The highest BCUT2D eigenvalue weighted by Gasteiger charge is 2.01. The molecule has 2 heterocycles. The molecule has 0 aromatic carbocycles. The van der Waals surface area contributed by atoms with Crippen LogP contribution in [-0.2, 0) is 13.0 Å². The molecule has 0 saturated heterocycles. The van der Waals surface area contributed by atoms with Crippen LogP contribution in [0.2, 0.25) is 0 Å². The molecule has 0 aliphatic carbocycles. The molecule has 4 nitrogen and oxygen atoms in total. The van der Waals surface area contributed by atoms with Crippen molar-refractivity contribution >= 4 is 0 Å². The van der Waals surface area contributed by atoms with E-state index >= 15 is 0 Å². The average Bonchev–Trinajstić information content (AvgIpc) is 2.87. The molecular weight excluding hydrogens is 192 g/mol. The van der Waals surface area contributed by atoms with Crippen LogP contribution in [-0.4, -0.2) is 14.7 Å². The second kappa shape index (κ2) is 4.50. The van der Waals surface area contributed by atoms with Crippen molar-refractivity contribution in [1.29, 1.82) is 0 Å². The first-order valence-corrected chi connectivity index (χ1v) is 4.71. The summed E-state index contributed by atoms with van der Waals surface area (Å²) >= 11 is 0. The summed E-state index contributed by atoms with van der Waals surface area (Å²) in [5, 5.41) is 8.51. The molecule has 15 heavy (non-hydrogen) atoms. The first kappa shape index (κ1) is 9.58.